The SMILES string of the molecule is CN(CCCN1CCC(C#N)(c2ccccc2)CC1)Cc1cc(-c2ccccc2F)no1. The van der Waals surface area contributed by atoms with Crippen LogP contribution < -0.4 is 0 Å². The standard InChI is InChI=1S/C26H29FN4O/c1-30(19-22-18-25(29-32-22)23-10-5-6-11-24(23)27)14-7-15-31-16-12-26(20-28,13-17-31)21-8-3-2-4-9-21/h2-6,8-11,18H,7,12-17,19H2,1H3. The van der Waals surface area contributed by atoms with Crippen LogP contribution in [0.5, 0.6) is 0 Å². The van der Waals surface area contributed by atoms with Crippen molar-refractivity contribution >= 4 is 0 Å². The molecule has 0 bridgehead atoms. The molecule has 32 heavy (non-hydrogen) atoms. The average Bonchev–Trinajstić information content (AvgIpc) is 3.28. The van der Waals surface area contributed by atoms with Crippen molar-refractivity contribution in [1.29, 1.82) is 5.26 Å². The summed E-state index contributed by atoms with van der Waals surface area (Å²) in [6, 6.07) is 21.2. The lowest BCUT2D eigenvalue weighted by Gasteiger charge is -2.37. The highest BCUT2D eigenvalue weighted by molar-refractivity contribution is 5.59. The number of hydrogen-bond donors (Lipinski definition) is 0. The number of rotatable bonds is 8. The number of aromatic nitrogens is 1. The maximum atomic E-state index is 13.9. The van der Waals surface area contributed by atoms with Crippen LogP contribution in [0.4, 0.5) is 4.39 Å². The molecule has 0 N–H and O–H groups in total. The Morgan fingerprint density at radius 3 is 2.56 bits per heavy atom. The molecule has 4 rings (SSSR count). The second kappa shape index (κ2) is 10.1. The van der Waals surface area contributed by atoms with Crippen molar-refractivity contribution in [2.45, 2.75) is 31.2 Å². The molecule has 3 aromatic rings. The highest BCUT2D eigenvalue weighted by Crippen LogP contribution is 2.34. The van der Waals surface area contributed by atoms with E-state index in [2.05, 4.69) is 40.2 Å². The number of nitriles is 1. The van der Waals surface area contributed by atoms with Crippen LogP contribution >= 0.6 is 0 Å². The lowest BCUT2D eigenvalue weighted by Crippen LogP contribution is -2.42. The number of likely N-dealkylation sites (tertiary alicyclic amines) is 1. The predicted molar refractivity (Wildman–Crippen MR) is 122 cm³/mol. The van der Waals surface area contributed by atoms with Gasteiger partial charge in [0.2, 0.25) is 0 Å². The maximum Gasteiger partial charge on any atom is 0.151 e. The van der Waals surface area contributed by atoms with Gasteiger partial charge in [0, 0.05) is 11.6 Å². The van der Waals surface area contributed by atoms with Gasteiger partial charge in [-0.25, -0.2) is 4.39 Å². The summed E-state index contributed by atoms with van der Waals surface area (Å²) in [5, 5.41) is 13.9. The maximum absolute atomic E-state index is 13.9. The number of piperidine rings is 1. The van der Waals surface area contributed by atoms with Crippen LogP contribution in [0.2, 0.25) is 0 Å². The summed E-state index contributed by atoms with van der Waals surface area (Å²) in [7, 11) is 2.05. The number of halogens is 1. The molecule has 166 valence electrons. The minimum Gasteiger partial charge on any atom is -0.359 e. The predicted octanol–water partition coefficient (Wildman–Crippen LogP) is 4.86. The fraction of sp³-hybridized carbons (Fsp3) is 0.385. The molecule has 0 aliphatic carbocycles. The first-order valence-electron chi connectivity index (χ1n) is 11.2. The largest absolute Gasteiger partial charge is 0.359 e. The van der Waals surface area contributed by atoms with Crippen molar-refractivity contribution in [3.05, 3.63) is 77.8 Å². The van der Waals surface area contributed by atoms with Gasteiger partial charge in [0.1, 0.15) is 11.5 Å². The Morgan fingerprint density at radius 2 is 1.84 bits per heavy atom. The van der Waals surface area contributed by atoms with Crippen molar-refractivity contribution in [2.75, 3.05) is 33.2 Å². The summed E-state index contributed by atoms with van der Waals surface area (Å²) in [6.07, 6.45) is 2.79. The first kappa shape index (κ1) is 22.2. The zero-order valence-electron chi connectivity index (χ0n) is 18.5. The molecule has 1 fully saturated rings. The van der Waals surface area contributed by atoms with Gasteiger partial charge < -0.3 is 9.42 Å². The van der Waals surface area contributed by atoms with Crippen LogP contribution in [0.3, 0.4) is 0 Å². The van der Waals surface area contributed by atoms with E-state index in [0.29, 0.717) is 17.8 Å². The van der Waals surface area contributed by atoms with E-state index < -0.39 is 0 Å². The summed E-state index contributed by atoms with van der Waals surface area (Å²) in [5.41, 5.74) is 1.78. The molecule has 0 saturated carbocycles. The topological polar surface area (TPSA) is 56.3 Å². The first-order valence-corrected chi connectivity index (χ1v) is 11.2. The quantitative estimate of drug-likeness (QED) is 0.509. The molecule has 0 atom stereocenters. The highest BCUT2D eigenvalue weighted by atomic mass is 19.1. The fourth-order valence-corrected chi connectivity index (χ4v) is 4.47. The molecule has 5 nitrogen and oxygen atoms in total. The monoisotopic (exact) mass is 432 g/mol. The van der Waals surface area contributed by atoms with Crippen LogP contribution in [-0.4, -0.2) is 48.2 Å². The van der Waals surface area contributed by atoms with E-state index in [-0.39, 0.29) is 11.2 Å². The number of nitrogens with zero attached hydrogens (tertiary/aromatic N) is 4. The van der Waals surface area contributed by atoms with E-state index in [1.807, 2.05) is 24.3 Å². The second-order valence-electron chi connectivity index (χ2n) is 8.65. The van der Waals surface area contributed by atoms with Crippen molar-refractivity contribution in [3.8, 4) is 17.3 Å². The Morgan fingerprint density at radius 1 is 1.12 bits per heavy atom. The summed E-state index contributed by atoms with van der Waals surface area (Å²) >= 11 is 0. The molecule has 1 aliphatic rings. The lowest BCUT2D eigenvalue weighted by atomic mass is 9.74. The molecule has 1 saturated heterocycles. The Labute approximate surface area is 189 Å². The Hall–Kier alpha value is -3.01. The van der Waals surface area contributed by atoms with Crippen LogP contribution in [0, 0.1) is 17.1 Å². The van der Waals surface area contributed by atoms with Gasteiger partial charge >= 0.3 is 0 Å². The van der Waals surface area contributed by atoms with E-state index in [4.69, 9.17) is 4.52 Å². The van der Waals surface area contributed by atoms with Gasteiger partial charge in [0.05, 0.1) is 18.0 Å². The Kier molecular flexibility index (Phi) is 6.99. The highest BCUT2D eigenvalue weighted by Gasteiger charge is 2.36. The zero-order chi connectivity index (χ0) is 22.4. The fourth-order valence-electron chi connectivity index (χ4n) is 4.47. The normalized spacial score (nSPS) is 16.2. The van der Waals surface area contributed by atoms with Crippen molar-refractivity contribution < 1.29 is 8.91 Å². The van der Waals surface area contributed by atoms with Gasteiger partial charge in [-0.15, -0.1) is 0 Å². The molecular formula is C26H29FN4O. The van der Waals surface area contributed by atoms with Crippen molar-refractivity contribution in [3.63, 3.8) is 0 Å². The summed E-state index contributed by atoms with van der Waals surface area (Å²) in [4.78, 5) is 4.65. The van der Waals surface area contributed by atoms with Gasteiger partial charge in [-0.2, -0.15) is 5.26 Å². The summed E-state index contributed by atoms with van der Waals surface area (Å²) in [5.74, 6) is 0.431. The van der Waals surface area contributed by atoms with Crippen LogP contribution in [0.1, 0.15) is 30.6 Å². The van der Waals surface area contributed by atoms with E-state index in [0.717, 1.165) is 56.8 Å². The van der Waals surface area contributed by atoms with E-state index >= 15 is 0 Å². The lowest BCUT2D eigenvalue weighted by molar-refractivity contribution is 0.174. The third-order valence-electron chi connectivity index (χ3n) is 6.40. The number of hydrogen-bond acceptors (Lipinski definition) is 5. The van der Waals surface area contributed by atoms with Gasteiger partial charge in [0.25, 0.3) is 0 Å². The molecule has 2 heterocycles. The minimum atomic E-state index is -0.350. The van der Waals surface area contributed by atoms with Crippen LogP contribution in [0.25, 0.3) is 11.3 Å². The Bertz CT molecular complexity index is 1050. The second-order valence-corrected chi connectivity index (χ2v) is 8.65. The smallest absolute Gasteiger partial charge is 0.151 e. The van der Waals surface area contributed by atoms with Crippen molar-refractivity contribution in [2.24, 2.45) is 0 Å². The van der Waals surface area contributed by atoms with Gasteiger partial charge in [0.15, 0.2) is 5.76 Å². The molecule has 0 amide bonds. The van der Waals surface area contributed by atoms with Gasteiger partial charge in [-0.3, -0.25) is 4.90 Å². The molecule has 6 heteroatoms. The molecule has 0 unspecified atom stereocenters. The van der Waals surface area contributed by atoms with Crippen LogP contribution in [-0.2, 0) is 12.0 Å². The first-order chi connectivity index (χ1) is 15.6. The summed E-state index contributed by atoms with van der Waals surface area (Å²) in [6.45, 7) is 4.46. The molecule has 2 aromatic carbocycles. The van der Waals surface area contributed by atoms with Gasteiger partial charge in [-0.1, -0.05) is 47.6 Å². The van der Waals surface area contributed by atoms with Crippen molar-refractivity contribution in [1.82, 2.24) is 15.0 Å². The molecule has 1 aromatic heterocycles. The molecule has 0 radical (unpaired) electrons. The third kappa shape index (κ3) is 5.07. The number of benzene rings is 2. The summed E-state index contributed by atoms with van der Waals surface area (Å²) < 4.78 is 19.4. The molecular weight excluding hydrogens is 403 g/mol. The molecule has 1 aliphatic heterocycles. The van der Waals surface area contributed by atoms with Gasteiger partial charge in [-0.05, 0) is 70.2 Å². The average molecular weight is 433 g/mol. The Balaban J connectivity index is 1.22. The minimum absolute atomic E-state index is 0.296. The van der Waals surface area contributed by atoms with E-state index in [1.165, 1.54) is 6.07 Å². The van der Waals surface area contributed by atoms with E-state index in [1.54, 1.807) is 18.2 Å². The van der Waals surface area contributed by atoms with E-state index in [9.17, 15) is 9.65 Å². The third-order valence-corrected chi connectivity index (χ3v) is 6.40. The zero-order valence-corrected chi connectivity index (χ0v) is 18.5. The van der Waals surface area contributed by atoms with Crippen LogP contribution in [0.15, 0.2) is 65.2 Å². The molecule has 0 spiro atoms.